The minimum absolute atomic E-state index is 0.0396. The summed E-state index contributed by atoms with van der Waals surface area (Å²) in [6, 6.07) is 5.73. The van der Waals surface area contributed by atoms with E-state index >= 15 is 0 Å². The molecule has 0 bridgehead atoms. The molecule has 3 aromatic rings. The Hall–Kier alpha value is -4.50. The van der Waals surface area contributed by atoms with E-state index in [9.17, 15) is 27.6 Å². The Kier molecular flexibility index (Phi) is 11.7. The van der Waals surface area contributed by atoms with Gasteiger partial charge < -0.3 is 19.7 Å². The molecule has 1 saturated heterocycles. The molecule has 2 amide bonds. The molecule has 1 aromatic heterocycles. The lowest BCUT2D eigenvalue weighted by molar-refractivity contribution is -0.156. The third-order valence-electron chi connectivity index (χ3n) is 8.26. The van der Waals surface area contributed by atoms with E-state index in [-0.39, 0.29) is 23.0 Å². The summed E-state index contributed by atoms with van der Waals surface area (Å²) in [5.41, 5.74) is 1.78. The predicted octanol–water partition coefficient (Wildman–Crippen LogP) is 3.08. The molecule has 0 saturated carbocycles. The van der Waals surface area contributed by atoms with Crippen molar-refractivity contribution in [3.8, 4) is 17.1 Å². The second kappa shape index (κ2) is 15.4. The number of hydrogen-bond donors (Lipinski definition) is 3. The molecule has 0 aliphatic carbocycles. The minimum Gasteiger partial charge on any atom is -0.496 e. The van der Waals surface area contributed by atoms with Crippen molar-refractivity contribution in [3.63, 3.8) is 0 Å². The van der Waals surface area contributed by atoms with Crippen LogP contribution < -0.4 is 20.5 Å². The average Bonchev–Trinajstić information content (AvgIpc) is 3.47. The first-order valence-electron chi connectivity index (χ1n) is 16.1. The molecule has 1 fully saturated rings. The molecule has 2 heterocycles. The van der Waals surface area contributed by atoms with Crippen LogP contribution in [-0.4, -0.2) is 79.1 Å². The number of aromatic amines is 1. The zero-order chi connectivity index (χ0) is 36.1. The molecule has 15 heteroatoms. The molecule has 2 atom stereocenters. The van der Waals surface area contributed by atoms with E-state index in [1.807, 2.05) is 0 Å². The van der Waals surface area contributed by atoms with Crippen LogP contribution in [0.15, 0.2) is 44.5 Å². The SMILES string of the molecule is COc1cc(C)c(S(=O)(=O)N[C@@H](CC(=O)OC(C)(C)C)C(=O)N[C@H](Cc2ccc(-c3noc(=O)[nH]3)cc2)C(=O)N2CCCCC2)c(C)c1C. The highest BCUT2D eigenvalue weighted by Crippen LogP contribution is 2.31. The van der Waals surface area contributed by atoms with Crippen molar-refractivity contribution in [1.29, 1.82) is 0 Å². The Morgan fingerprint density at radius 1 is 1.02 bits per heavy atom. The third-order valence-corrected chi connectivity index (χ3v) is 10.0. The number of aromatic nitrogens is 2. The largest absolute Gasteiger partial charge is 0.496 e. The fraction of sp³-hybridized carbons (Fsp3) is 0.500. The van der Waals surface area contributed by atoms with Crippen LogP contribution in [-0.2, 0) is 35.6 Å². The first-order valence-corrected chi connectivity index (χ1v) is 17.6. The van der Waals surface area contributed by atoms with Gasteiger partial charge in [-0.25, -0.2) is 13.2 Å². The fourth-order valence-corrected chi connectivity index (χ4v) is 7.55. The molecular weight excluding hydrogens is 654 g/mol. The van der Waals surface area contributed by atoms with Crippen LogP contribution in [0.1, 0.15) is 68.7 Å². The van der Waals surface area contributed by atoms with Crippen LogP contribution in [0.4, 0.5) is 0 Å². The maximum absolute atomic E-state index is 14.0. The highest BCUT2D eigenvalue weighted by Gasteiger charge is 2.35. The second-order valence-corrected chi connectivity index (χ2v) is 14.9. The zero-order valence-electron chi connectivity index (χ0n) is 29.0. The molecule has 3 N–H and O–H groups in total. The molecule has 14 nitrogen and oxygen atoms in total. The van der Waals surface area contributed by atoms with E-state index in [2.05, 4.69) is 24.7 Å². The van der Waals surface area contributed by atoms with Crippen molar-refractivity contribution >= 4 is 27.8 Å². The van der Waals surface area contributed by atoms with Gasteiger partial charge in [0.05, 0.1) is 18.4 Å². The van der Waals surface area contributed by atoms with Crippen LogP contribution in [0, 0.1) is 20.8 Å². The number of nitrogens with one attached hydrogen (secondary N) is 3. The summed E-state index contributed by atoms with van der Waals surface area (Å²) in [6.07, 6.45) is 2.06. The van der Waals surface area contributed by atoms with Gasteiger partial charge in [0, 0.05) is 25.1 Å². The summed E-state index contributed by atoms with van der Waals surface area (Å²) in [5.74, 6) is -1.93. The van der Waals surface area contributed by atoms with Gasteiger partial charge in [-0.3, -0.25) is 23.9 Å². The molecule has 0 radical (unpaired) electrons. The van der Waals surface area contributed by atoms with Crippen molar-refractivity contribution < 1.29 is 36.8 Å². The Balaban J connectivity index is 1.66. The number of methoxy groups -OCH3 is 1. The normalized spacial score (nSPS) is 15.0. The summed E-state index contributed by atoms with van der Waals surface area (Å²) >= 11 is 0. The molecule has 1 aliphatic rings. The van der Waals surface area contributed by atoms with Gasteiger partial charge in [0.1, 0.15) is 23.4 Å². The zero-order valence-corrected chi connectivity index (χ0v) is 29.8. The van der Waals surface area contributed by atoms with E-state index in [1.54, 1.807) is 76.8 Å². The minimum atomic E-state index is -4.38. The maximum Gasteiger partial charge on any atom is 0.439 e. The van der Waals surface area contributed by atoms with Gasteiger partial charge in [0.25, 0.3) is 0 Å². The van der Waals surface area contributed by atoms with Crippen molar-refractivity contribution in [3.05, 3.63) is 63.1 Å². The number of esters is 1. The number of hydrogen-bond acceptors (Lipinski definition) is 10. The average molecular weight is 700 g/mol. The van der Waals surface area contributed by atoms with Crippen molar-refractivity contribution in [2.45, 2.75) is 96.2 Å². The van der Waals surface area contributed by atoms with Crippen LogP contribution in [0.5, 0.6) is 5.75 Å². The van der Waals surface area contributed by atoms with Gasteiger partial charge in [-0.15, -0.1) is 0 Å². The molecule has 0 spiro atoms. The Bertz CT molecular complexity index is 1840. The monoisotopic (exact) mass is 699 g/mol. The number of sulfonamides is 1. The number of benzene rings is 2. The van der Waals surface area contributed by atoms with Crippen LogP contribution >= 0.6 is 0 Å². The lowest BCUT2D eigenvalue weighted by Gasteiger charge is -2.31. The number of piperidine rings is 1. The smallest absolute Gasteiger partial charge is 0.439 e. The Labute approximate surface area is 286 Å². The fourth-order valence-electron chi connectivity index (χ4n) is 5.83. The number of aryl methyl sites for hydroxylation is 1. The highest BCUT2D eigenvalue weighted by molar-refractivity contribution is 7.89. The topological polar surface area (TPSA) is 190 Å². The van der Waals surface area contributed by atoms with Gasteiger partial charge in [0.2, 0.25) is 21.8 Å². The first-order chi connectivity index (χ1) is 23.0. The summed E-state index contributed by atoms with van der Waals surface area (Å²) in [5, 5.41) is 6.44. The van der Waals surface area contributed by atoms with Crippen LogP contribution in [0.25, 0.3) is 11.4 Å². The van der Waals surface area contributed by atoms with Crippen LogP contribution in [0.2, 0.25) is 0 Å². The molecule has 49 heavy (non-hydrogen) atoms. The number of carbonyl (C=O) groups is 3. The molecule has 266 valence electrons. The van der Waals surface area contributed by atoms with Gasteiger partial charge in [0.15, 0.2) is 5.82 Å². The van der Waals surface area contributed by atoms with Crippen molar-refractivity contribution in [1.82, 2.24) is 25.1 Å². The molecular formula is C34H45N5O9S. The summed E-state index contributed by atoms with van der Waals surface area (Å²) < 4.78 is 45.7. The molecule has 1 aliphatic heterocycles. The first kappa shape index (κ1) is 37.3. The van der Waals surface area contributed by atoms with E-state index in [4.69, 9.17) is 9.47 Å². The number of H-pyrrole nitrogens is 1. The number of nitrogens with zero attached hydrogens (tertiary/aromatic N) is 2. The lowest BCUT2D eigenvalue weighted by Crippen LogP contribution is -2.56. The van der Waals surface area contributed by atoms with Crippen molar-refractivity contribution in [2.24, 2.45) is 0 Å². The maximum atomic E-state index is 14.0. The van der Waals surface area contributed by atoms with E-state index in [1.165, 1.54) is 7.11 Å². The molecule has 2 aromatic carbocycles. The third kappa shape index (κ3) is 9.57. The standard InChI is InChI=1S/C34H45N5O9S/c1-20-17-27(46-7)21(2)22(3)29(20)49(44,45)38-25(19-28(40)47-34(4,5)6)31(41)35-26(32(42)39-15-9-8-10-16-39)18-23-11-13-24(14-12-23)30-36-33(43)48-37-30/h11-14,17,25-26,38H,8-10,15-16,18-19H2,1-7H3,(H,35,41)(H,36,37,43)/t25-,26+/m0/s1. The van der Waals surface area contributed by atoms with Gasteiger partial charge in [-0.05, 0) is 89.1 Å². The van der Waals surface area contributed by atoms with E-state index in [0.717, 1.165) is 19.3 Å². The van der Waals surface area contributed by atoms with Crippen molar-refractivity contribution in [2.75, 3.05) is 20.2 Å². The van der Waals surface area contributed by atoms with Crippen LogP contribution in [0.3, 0.4) is 0 Å². The second-order valence-electron chi connectivity index (χ2n) is 13.2. The number of ether oxygens (including phenoxy) is 2. The summed E-state index contributed by atoms with van der Waals surface area (Å²) in [4.78, 5) is 56.4. The Morgan fingerprint density at radius 3 is 2.24 bits per heavy atom. The van der Waals surface area contributed by atoms with Gasteiger partial charge in [-0.2, -0.15) is 4.72 Å². The number of amides is 2. The van der Waals surface area contributed by atoms with E-state index in [0.29, 0.717) is 46.7 Å². The summed E-state index contributed by atoms with van der Waals surface area (Å²) in [7, 11) is -2.89. The number of carbonyl (C=O) groups excluding carboxylic acids is 3. The van der Waals surface area contributed by atoms with Gasteiger partial charge in [-0.1, -0.05) is 29.4 Å². The quantitative estimate of drug-likeness (QED) is 0.237. The number of likely N-dealkylation sites (tertiary alicyclic amines) is 1. The molecule has 0 unspecified atom stereocenters. The number of rotatable bonds is 12. The van der Waals surface area contributed by atoms with E-state index < -0.39 is 51.8 Å². The van der Waals surface area contributed by atoms with Gasteiger partial charge >= 0.3 is 11.7 Å². The molecule has 4 rings (SSSR count). The lowest BCUT2D eigenvalue weighted by atomic mass is 10.0. The summed E-state index contributed by atoms with van der Waals surface area (Å²) in [6.45, 7) is 11.0. The Morgan fingerprint density at radius 2 is 1.67 bits per heavy atom. The highest BCUT2D eigenvalue weighted by atomic mass is 32.2. The predicted molar refractivity (Wildman–Crippen MR) is 180 cm³/mol.